The maximum atomic E-state index is 12.4. The van der Waals surface area contributed by atoms with Crippen LogP contribution in [-0.4, -0.2) is 59.5 Å². The van der Waals surface area contributed by atoms with Gasteiger partial charge in [0.25, 0.3) is 5.91 Å². The lowest BCUT2D eigenvalue weighted by molar-refractivity contribution is 0.0556. The van der Waals surface area contributed by atoms with E-state index in [1.807, 2.05) is 4.90 Å². The highest BCUT2D eigenvalue weighted by molar-refractivity contribution is 5.94. The SMILES string of the molecule is CCC(CCN)N1CCN(C(=O)c2cc[nH]c(=O)c2)CC1. The van der Waals surface area contributed by atoms with Crippen LogP contribution in [0, 0.1) is 0 Å². The Labute approximate surface area is 124 Å². The third-order valence-corrected chi connectivity index (χ3v) is 4.11. The van der Waals surface area contributed by atoms with Crippen molar-refractivity contribution in [3.63, 3.8) is 0 Å². The Morgan fingerprint density at radius 2 is 2.10 bits per heavy atom. The third-order valence-electron chi connectivity index (χ3n) is 4.11. The second-order valence-electron chi connectivity index (χ2n) is 5.41. The normalized spacial score (nSPS) is 17.7. The molecular weight excluding hydrogens is 268 g/mol. The minimum absolute atomic E-state index is 0.0624. The molecule has 21 heavy (non-hydrogen) atoms. The van der Waals surface area contributed by atoms with E-state index in [9.17, 15) is 9.59 Å². The summed E-state index contributed by atoms with van der Waals surface area (Å²) in [6.07, 6.45) is 3.60. The van der Waals surface area contributed by atoms with Crippen molar-refractivity contribution >= 4 is 5.91 Å². The van der Waals surface area contributed by atoms with Crippen LogP contribution in [-0.2, 0) is 0 Å². The van der Waals surface area contributed by atoms with E-state index < -0.39 is 0 Å². The quantitative estimate of drug-likeness (QED) is 0.815. The van der Waals surface area contributed by atoms with Gasteiger partial charge in [0.1, 0.15) is 0 Å². The Bertz CT molecular complexity index is 520. The van der Waals surface area contributed by atoms with Crippen molar-refractivity contribution in [2.24, 2.45) is 5.73 Å². The van der Waals surface area contributed by atoms with Crippen molar-refractivity contribution in [1.29, 1.82) is 0 Å². The zero-order valence-corrected chi connectivity index (χ0v) is 12.5. The topological polar surface area (TPSA) is 82.4 Å². The van der Waals surface area contributed by atoms with E-state index in [0.29, 0.717) is 31.2 Å². The average molecular weight is 292 g/mol. The summed E-state index contributed by atoms with van der Waals surface area (Å²) in [5, 5.41) is 0. The Morgan fingerprint density at radius 3 is 2.67 bits per heavy atom. The molecule has 1 atom stereocenters. The zero-order chi connectivity index (χ0) is 15.2. The monoisotopic (exact) mass is 292 g/mol. The van der Waals surface area contributed by atoms with E-state index in [1.165, 1.54) is 12.3 Å². The minimum Gasteiger partial charge on any atom is -0.336 e. The molecule has 0 aliphatic carbocycles. The molecule has 1 saturated heterocycles. The molecule has 6 heteroatoms. The molecule has 0 bridgehead atoms. The van der Waals surface area contributed by atoms with Gasteiger partial charge in [0.2, 0.25) is 5.56 Å². The molecule has 2 rings (SSSR count). The van der Waals surface area contributed by atoms with Crippen LogP contribution >= 0.6 is 0 Å². The number of hydrogen-bond donors (Lipinski definition) is 2. The molecule has 1 fully saturated rings. The molecule has 1 aliphatic rings. The van der Waals surface area contributed by atoms with Crippen molar-refractivity contribution in [1.82, 2.24) is 14.8 Å². The second-order valence-corrected chi connectivity index (χ2v) is 5.41. The van der Waals surface area contributed by atoms with Gasteiger partial charge in [-0.25, -0.2) is 0 Å². The number of rotatable bonds is 5. The van der Waals surface area contributed by atoms with E-state index in [1.54, 1.807) is 6.07 Å². The summed E-state index contributed by atoms with van der Waals surface area (Å²) in [6, 6.07) is 3.52. The lowest BCUT2D eigenvalue weighted by atomic mass is 10.1. The molecular formula is C15H24N4O2. The van der Waals surface area contributed by atoms with Crippen LogP contribution in [0.1, 0.15) is 30.1 Å². The van der Waals surface area contributed by atoms with Crippen LogP contribution in [0.15, 0.2) is 23.1 Å². The van der Waals surface area contributed by atoms with Gasteiger partial charge in [-0.05, 0) is 25.5 Å². The van der Waals surface area contributed by atoms with Gasteiger partial charge in [-0.15, -0.1) is 0 Å². The number of carbonyl (C=O) groups is 1. The van der Waals surface area contributed by atoms with Crippen LogP contribution < -0.4 is 11.3 Å². The lowest BCUT2D eigenvalue weighted by Gasteiger charge is -2.39. The molecule has 1 unspecified atom stereocenters. The number of nitrogens with zero attached hydrogens (tertiary/aromatic N) is 2. The van der Waals surface area contributed by atoms with E-state index in [2.05, 4.69) is 16.8 Å². The van der Waals surface area contributed by atoms with E-state index in [4.69, 9.17) is 5.73 Å². The van der Waals surface area contributed by atoms with Crippen LogP contribution in [0.25, 0.3) is 0 Å². The summed E-state index contributed by atoms with van der Waals surface area (Å²) in [5.74, 6) is -0.0624. The summed E-state index contributed by atoms with van der Waals surface area (Å²) in [7, 11) is 0. The van der Waals surface area contributed by atoms with Gasteiger partial charge in [-0.3, -0.25) is 14.5 Å². The van der Waals surface area contributed by atoms with Gasteiger partial charge in [0, 0.05) is 50.0 Å². The number of nitrogens with two attached hydrogens (primary N) is 1. The fraction of sp³-hybridized carbons (Fsp3) is 0.600. The van der Waals surface area contributed by atoms with Crippen molar-refractivity contribution < 1.29 is 4.79 Å². The number of nitrogens with one attached hydrogen (secondary N) is 1. The van der Waals surface area contributed by atoms with Crippen molar-refractivity contribution in [3.8, 4) is 0 Å². The zero-order valence-electron chi connectivity index (χ0n) is 12.5. The Balaban J connectivity index is 1.94. The standard InChI is InChI=1S/C15H24N4O2/c1-2-13(3-5-16)18-7-9-19(10-8-18)15(21)12-4-6-17-14(20)11-12/h4,6,11,13H,2-3,5,7-10,16H2,1H3,(H,17,20). The molecule has 1 aliphatic heterocycles. The minimum atomic E-state index is -0.242. The summed E-state index contributed by atoms with van der Waals surface area (Å²) >= 11 is 0. The molecule has 1 aromatic rings. The molecule has 0 spiro atoms. The smallest absolute Gasteiger partial charge is 0.254 e. The highest BCUT2D eigenvalue weighted by Gasteiger charge is 2.25. The first-order valence-electron chi connectivity index (χ1n) is 7.57. The maximum Gasteiger partial charge on any atom is 0.254 e. The number of amides is 1. The molecule has 116 valence electrons. The molecule has 1 aromatic heterocycles. The maximum absolute atomic E-state index is 12.4. The van der Waals surface area contributed by atoms with Gasteiger partial charge in [-0.1, -0.05) is 6.92 Å². The number of piperazine rings is 1. The van der Waals surface area contributed by atoms with Gasteiger partial charge >= 0.3 is 0 Å². The first kappa shape index (κ1) is 15.7. The molecule has 6 nitrogen and oxygen atoms in total. The largest absolute Gasteiger partial charge is 0.336 e. The Kier molecular flexibility index (Phi) is 5.52. The van der Waals surface area contributed by atoms with Crippen LogP contribution in [0.5, 0.6) is 0 Å². The average Bonchev–Trinajstić information content (AvgIpc) is 2.52. The number of aromatic nitrogens is 1. The molecule has 0 aromatic carbocycles. The first-order chi connectivity index (χ1) is 10.2. The molecule has 2 heterocycles. The fourth-order valence-corrected chi connectivity index (χ4v) is 2.89. The molecule has 0 radical (unpaired) electrons. The number of carbonyl (C=O) groups excluding carboxylic acids is 1. The summed E-state index contributed by atoms with van der Waals surface area (Å²) < 4.78 is 0. The van der Waals surface area contributed by atoms with Gasteiger partial charge < -0.3 is 15.6 Å². The summed E-state index contributed by atoms with van der Waals surface area (Å²) in [5.41, 5.74) is 5.87. The molecule has 3 N–H and O–H groups in total. The van der Waals surface area contributed by atoms with Crippen molar-refractivity contribution in [2.75, 3.05) is 32.7 Å². The van der Waals surface area contributed by atoms with Crippen LogP contribution in [0.4, 0.5) is 0 Å². The number of hydrogen-bond acceptors (Lipinski definition) is 4. The summed E-state index contributed by atoms with van der Waals surface area (Å²) in [6.45, 7) is 6.01. The number of H-pyrrole nitrogens is 1. The van der Waals surface area contributed by atoms with Gasteiger partial charge in [0.15, 0.2) is 0 Å². The van der Waals surface area contributed by atoms with Crippen LogP contribution in [0.2, 0.25) is 0 Å². The number of aromatic amines is 1. The Hall–Kier alpha value is -1.66. The third kappa shape index (κ3) is 3.92. The molecule has 1 amide bonds. The molecule has 0 saturated carbocycles. The van der Waals surface area contributed by atoms with E-state index in [0.717, 1.165) is 25.9 Å². The first-order valence-corrected chi connectivity index (χ1v) is 7.57. The second kappa shape index (κ2) is 7.38. The Morgan fingerprint density at radius 1 is 1.38 bits per heavy atom. The number of pyridine rings is 1. The van der Waals surface area contributed by atoms with Gasteiger partial charge in [0.05, 0.1) is 0 Å². The summed E-state index contributed by atoms with van der Waals surface area (Å²) in [4.78, 5) is 30.4. The highest BCUT2D eigenvalue weighted by Crippen LogP contribution is 2.13. The predicted octanol–water partition coefficient (Wildman–Crippen LogP) is 0.260. The highest BCUT2D eigenvalue weighted by atomic mass is 16.2. The van der Waals surface area contributed by atoms with Crippen molar-refractivity contribution in [2.45, 2.75) is 25.8 Å². The van der Waals surface area contributed by atoms with E-state index in [-0.39, 0.29) is 11.5 Å². The van der Waals surface area contributed by atoms with Gasteiger partial charge in [-0.2, -0.15) is 0 Å². The lowest BCUT2D eigenvalue weighted by Crippen LogP contribution is -2.52. The van der Waals surface area contributed by atoms with Crippen molar-refractivity contribution in [3.05, 3.63) is 34.2 Å². The predicted molar refractivity (Wildman–Crippen MR) is 82.3 cm³/mol. The fourth-order valence-electron chi connectivity index (χ4n) is 2.89. The van der Waals surface area contributed by atoms with Crippen LogP contribution in [0.3, 0.4) is 0 Å². The van der Waals surface area contributed by atoms with E-state index >= 15 is 0 Å².